The van der Waals surface area contributed by atoms with Gasteiger partial charge < -0.3 is 20.6 Å². The van der Waals surface area contributed by atoms with Crippen LogP contribution in [0.4, 0.5) is 26.3 Å². The Morgan fingerprint density at radius 3 is 2.34 bits per heavy atom. The summed E-state index contributed by atoms with van der Waals surface area (Å²) in [7, 11) is 0. The average Bonchev–Trinajstić information content (AvgIpc) is 3.48. The molecule has 2 saturated heterocycles. The van der Waals surface area contributed by atoms with Crippen molar-refractivity contribution >= 4 is 23.5 Å². The molecule has 1 aromatic rings. The van der Waals surface area contributed by atoms with E-state index in [2.05, 4.69) is 15.4 Å². The highest BCUT2D eigenvalue weighted by Gasteiger charge is 2.52. The van der Waals surface area contributed by atoms with Crippen LogP contribution in [0.3, 0.4) is 0 Å². The Balaban J connectivity index is 1.82. The summed E-state index contributed by atoms with van der Waals surface area (Å²) in [6, 6.07) is 3.77. The molecule has 15 heteroatoms. The second kappa shape index (κ2) is 11.7. The summed E-state index contributed by atoms with van der Waals surface area (Å²) in [5.41, 5.74) is 0.0664. The van der Waals surface area contributed by atoms with E-state index in [4.69, 9.17) is 0 Å². The quantitative estimate of drug-likeness (QED) is 0.400. The van der Waals surface area contributed by atoms with Gasteiger partial charge in [-0.15, -0.1) is 13.2 Å². The normalized spacial score (nSPS) is 23.6. The summed E-state index contributed by atoms with van der Waals surface area (Å²) in [6.07, 6.45) is -13.0. The topological polar surface area (TPSA) is 125 Å². The van der Waals surface area contributed by atoms with Gasteiger partial charge in [0.1, 0.15) is 12.6 Å². The predicted octanol–water partition coefficient (Wildman–Crippen LogP) is 1.62. The number of carbonyl (C=O) groups is 4. The molecule has 3 rings (SSSR count). The van der Waals surface area contributed by atoms with E-state index in [1.54, 1.807) is 6.07 Å². The van der Waals surface area contributed by atoms with Gasteiger partial charge >= 0.3 is 12.5 Å². The summed E-state index contributed by atoms with van der Waals surface area (Å²) in [5, 5.41) is 15.0. The maximum atomic E-state index is 13.5. The van der Waals surface area contributed by atoms with Crippen LogP contribution in [-0.4, -0.2) is 77.8 Å². The highest BCUT2D eigenvalue weighted by molar-refractivity contribution is 5.95. The molecule has 3 amide bonds. The molecule has 0 saturated carbocycles. The number of amides is 3. The van der Waals surface area contributed by atoms with E-state index in [-0.39, 0.29) is 18.5 Å². The smallest absolute Gasteiger partial charge is 0.378 e. The first-order valence-electron chi connectivity index (χ1n) is 11.6. The molecule has 2 aliphatic heterocycles. The van der Waals surface area contributed by atoms with E-state index >= 15 is 0 Å². The highest BCUT2D eigenvalue weighted by atomic mass is 19.4. The Labute approximate surface area is 212 Å². The Kier molecular flexibility index (Phi) is 9.02. The fourth-order valence-corrected chi connectivity index (χ4v) is 4.45. The minimum absolute atomic E-state index is 0.0664. The van der Waals surface area contributed by atoms with Gasteiger partial charge in [0.25, 0.3) is 5.91 Å². The molecule has 0 radical (unpaired) electrons. The van der Waals surface area contributed by atoms with Crippen LogP contribution in [-0.2, 0) is 23.9 Å². The number of hydrogen-bond acceptors (Lipinski definition) is 6. The molecule has 0 aromatic heterocycles. The van der Waals surface area contributed by atoms with E-state index in [1.165, 1.54) is 24.3 Å². The number of carbonyl (C=O) groups excluding carboxylic acids is 4. The molecule has 210 valence electrons. The fourth-order valence-electron chi connectivity index (χ4n) is 4.45. The molecule has 38 heavy (non-hydrogen) atoms. The number of nitrogens with zero attached hydrogens (tertiary/aromatic N) is 1. The number of nitrogens with one attached hydrogen (secondary N) is 2. The molecule has 0 aliphatic carbocycles. The molecule has 1 aromatic carbocycles. The van der Waals surface area contributed by atoms with E-state index in [1.807, 2.05) is 0 Å². The van der Waals surface area contributed by atoms with Crippen molar-refractivity contribution in [3.8, 4) is 0 Å². The second-order valence-corrected chi connectivity index (χ2v) is 9.07. The van der Waals surface area contributed by atoms with Gasteiger partial charge in [0, 0.05) is 19.0 Å². The SMILES string of the molecule is O=C1NCCC1CC(NC(=O)C1CC(C(F)(F)F)CN1C(=O)C(O)c1ccccc1)C(=O)COC(F)(F)F. The van der Waals surface area contributed by atoms with E-state index in [0.29, 0.717) is 4.90 Å². The van der Waals surface area contributed by atoms with Crippen molar-refractivity contribution < 1.29 is 55.4 Å². The van der Waals surface area contributed by atoms with Crippen molar-refractivity contribution in [1.82, 2.24) is 15.5 Å². The number of ether oxygens (including phenoxy) is 1. The zero-order valence-electron chi connectivity index (χ0n) is 19.7. The van der Waals surface area contributed by atoms with Gasteiger partial charge in [0.15, 0.2) is 11.9 Å². The van der Waals surface area contributed by atoms with E-state index < -0.39 is 92.1 Å². The van der Waals surface area contributed by atoms with Crippen LogP contribution in [0.2, 0.25) is 0 Å². The number of benzene rings is 1. The zero-order valence-corrected chi connectivity index (χ0v) is 19.7. The van der Waals surface area contributed by atoms with E-state index in [0.717, 1.165) is 0 Å². The first-order valence-corrected chi connectivity index (χ1v) is 11.6. The van der Waals surface area contributed by atoms with Crippen LogP contribution in [0.15, 0.2) is 30.3 Å². The molecule has 0 bridgehead atoms. The molecule has 2 aliphatic rings. The zero-order chi connectivity index (χ0) is 28.3. The fraction of sp³-hybridized carbons (Fsp3) is 0.565. The number of likely N-dealkylation sites (tertiary alicyclic amines) is 1. The molecular weight excluding hydrogens is 528 g/mol. The lowest BCUT2D eigenvalue weighted by atomic mass is 9.95. The Bertz CT molecular complexity index is 1030. The number of alkyl halides is 6. The average molecular weight is 553 g/mol. The molecule has 2 heterocycles. The number of Topliss-reactive ketones (excluding diaryl/α,β-unsaturated/α-hetero) is 1. The van der Waals surface area contributed by atoms with Gasteiger partial charge in [-0.25, -0.2) is 0 Å². The maximum Gasteiger partial charge on any atom is 0.522 e. The standard InChI is InChI=1S/C23H25F6N3O6/c24-22(25,26)14-9-16(32(10-14)21(37)18(34)12-4-2-1-3-5-12)20(36)31-15(8-13-6-7-30-19(13)35)17(33)11-38-23(27,28)29/h1-5,13-16,18,34H,6-11H2,(H,30,35)(H,31,36). The lowest BCUT2D eigenvalue weighted by Gasteiger charge is -2.28. The van der Waals surface area contributed by atoms with Gasteiger partial charge in [-0.3, -0.25) is 23.9 Å². The molecule has 0 spiro atoms. The Morgan fingerprint density at radius 1 is 1.13 bits per heavy atom. The summed E-state index contributed by atoms with van der Waals surface area (Å²) in [5.74, 6) is -7.18. The van der Waals surface area contributed by atoms with Crippen molar-refractivity contribution in [3.63, 3.8) is 0 Å². The van der Waals surface area contributed by atoms with Crippen molar-refractivity contribution in [3.05, 3.63) is 35.9 Å². The van der Waals surface area contributed by atoms with Crippen LogP contribution in [0, 0.1) is 11.8 Å². The largest absolute Gasteiger partial charge is 0.522 e. The van der Waals surface area contributed by atoms with Gasteiger partial charge in [0.05, 0.1) is 12.0 Å². The number of halogens is 6. The van der Waals surface area contributed by atoms with Crippen molar-refractivity contribution in [2.45, 2.75) is 50.0 Å². The summed E-state index contributed by atoms with van der Waals surface area (Å²) >= 11 is 0. The molecule has 9 nitrogen and oxygen atoms in total. The van der Waals surface area contributed by atoms with Gasteiger partial charge in [-0.1, -0.05) is 30.3 Å². The Morgan fingerprint density at radius 2 is 1.79 bits per heavy atom. The summed E-state index contributed by atoms with van der Waals surface area (Å²) in [4.78, 5) is 51.0. The molecular formula is C23H25F6N3O6. The van der Waals surface area contributed by atoms with Crippen LogP contribution in [0.25, 0.3) is 0 Å². The first kappa shape index (κ1) is 29.4. The number of aliphatic hydroxyl groups is 1. The number of aliphatic hydroxyl groups excluding tert-OH is 1. The van der Waals surface area contributed by atoms with Crippen LogP contribution < -0.4 is 10.6 Å². The van der Waals surface area contributed by atoms with Crippen LogP contribution in [0.5, 0.6) is 0 Å². The predicted molar refractivity (Wildman–Crippen MR) is 116 cm³/mol. The monoisotopic (exact) mass is 553 g/mol. The number of hydrogen-bond donors (Lipinski definition) is 3. The van der Waals surface area contributed by atoms with Gasteiger partial charge in [-0.2, -0.15) is 13.2 Å². The molecule has 2 fully saturated rings. The minimum Gasteiger partial charge on any atom is -0.378 e. The summed E-state index contributed by atoms with van der Waals surface area (Å²) in [6.45, 7) is -2.23. The van der Waals surface area contributed by atoms with Gasteiger partial charge in [-0.05, 0) is 24.8 Å². The first-order chi connectivity index (χ1) is 17.7. The second-order valence-electron chi connectivity index (χ2n) is 9.07. The van der Waals surface area contributed by atoms with E-state index in [9.17, 15) is 50.6 Å². The van der Waals surface area contributed by atoms with Crippen molar-refractivity contribution in [2.24, 2.45) is 11.8 Å². The maximum absolute atomic E-state index is 13.5. The van der Waals surface area contributed by atoms with Crippen LogP contribution >= 0.6 is 0 Å². The molecule has 5 unspecified atom stereocenters. The van der Waals surface area contributed by atoms with Crippen LogP contribution in [0.1, 0.15) is 30.9 Å². The summed E-state index contributed by atoms with van der Waals surface area (Å²) < 4.78 is 81.5. The lowest BCUT2D eigenvalue weighted by molar-refractivity contribution is -0.321. The number of rotatable bonds is 9. The van der Waals surface area contributed by atoms with Crippen molar-refractivity contribution in [2.75, 3.05) is 19.7 Å². The highest BCUT2D eigenvalue weighted by Crippen LogP contribution is 2.38. The van der Waals surface area contributed by atoms with Gasteiger partial charge in [0.2, 0.25) is 11.8 Å². The third-order valence-corrected chi connectivity index (χ3v) is 6.47. The van der Waals surface area contributed by atoms with Crippen molar-refractivity contribution in [1.29, 1.82) is 0 Å². The lowest BCUT2D eigenvalue weighted by Crippen LogP contribution is -2.53. The minimum atomic E-state index is -5.17. The Hall–Kier alpha value is -3.20. The third kappa shape index (κ3) is 7.43. The molecule has 5 atom stereocenters. The third-order valence-electron chi connectivity index (χ3n) is 6.47. The number of ketones is 1. The molecule has 3 N–H and O–H groups in total.